The fourth-order valence-electron chi connectivity index (χ4n) is 3.94. The molecule has 2 N–H and O–H groups in total. The lowest BCUT2D eigenvalue weighted by atomic mass is 9.82. The summed E-state index contributed by atoms with van der Waals surface area (Å²) in [5.74, 6) is -0.597. The number of aliphatic hydroxyl groups is 1. The van der Waals surface area contributed by atoms with Crippen LogP contribution < -0.4 is 5.32 Å². The third kappa shape index (κ3) is 4.66. The minimum absolute atomic E-state index is 0.0119. The number of hydrogen-bond acceptors (Lipinski definition) is 5. The zero-order chi connectivity index (χ0) is 22.3. The molecule has 0 aliphatic carbocycles. The third-order valence-electron chi connectivity index (χ3n) is 5.43. The van der Waals surface area contributed by atoms with Gasteiger partial charge in [-0.15, -0.1) is 0 Å². The van der Waals surface area contributed by atoms with Crippen LogP contribution in [0.5, 0.6) is 0 Å². The molecule has 0 saturated carbocycles. The molecule has 1 unspecified atom stereocenters. The van der Waals surface area contributed by atoms with Gasteiger partial charge in [0.05, 0.1) is 28.6 Å². The van der Waals surface area contributed by atoms with Crippen molar-refractivity contribution in [1.29, 1.82) is 0 Å². The van der Waals surface area contributed by atoms with Gasteiger partial charge in [-0.1, -0.05) is 72.8 Å². The Hall–Kier alpha value is -4.03. The number of nitrogens with zero attached hydrogens (tertiary/aromatic N) is 2. The average Bonchev–Trinajstić information content (AvgIpc) is 2.85. The number of para-hydroxylation sites is 2. The monoisotopic (exact) mass is 425 g/mol. The molecule has 0 spiro atoms. The standard InChI is InChI=1S/C26H23N3O3/c30-26(19-11-3-1-4-12-19)24(22-16-9-10-18-27-22)25(28-20-13-5-2-6-14-20)21-15-7-8-17-23(21)29(31)32/h1-18,24-26,28,30H/t24-,25+,26?/m0/s1. The lowest BCUT2D eigenvalue weighted by Crippen LogP contribution is -2.26. The molecule has 1 aromatic heterocycles. The van der Waals surface area contributed by atoms with E-state index in [2.05, 4.69) is 10.3 Å². The zero-order valence-electron chi connectivity index (χ0n) is 17.3. The van der Waals surface area contributed by atoms with E-state index in [9.17, 15) is 15.2 Å². The van der Waals surface area contributed by atoms with Crippen molar-refractivity contribution >= 4 is 11.4 Å². The number of nitro groups is 1. The highest BCUT2D eigenvalue weighted by Gasteiger charge is 2.36. The number of aliphatic hydroxyl groups excluding tert-OH is 1. The summed E-state index contributed by atoms with van der Waals surface area (Å²) in [5.41, 5.74) is 2.60. The Kier molecular flexibility index (Phi) is 6.53. The Morgan fingerprint density at radius 1 is 0.812 bits per heavy atom. The molecule has 0 amide bonds. The summed E-state index contributed by atoms with van der Waals surface area (Å²) >= 11 is 0. The molecule has 160 valence electrons. The molecular formula is C26H23N3O3. The largest absolute Gasteiger partial charge is 0.388 e. The molecule has 0 aliphatic heterocycles. The van der Waals surface area contributed by atoms with Crippen LogP contribution in [-0.4, -0.2) is 15.0 Å². The molecule has 0 radical (unpaired) electrons. The number of pyridine rings is 1. The number of anilines is 1. The van der Waals surface area contributed by atoms with Crippen LogP contribution in [0.15, 0.2) is 109 Å². The van der Waals surface area contributed by atoms with Crippen molar-refractivity contribution in [1.82, 2.24) is 4.98 Å². The molecule has 6 heteroatoms. The van der Waals surface area contributed by atoms with Crippen molar-refractivity contribution in [3.63, 3.8) is 0 Å². The van der Waals surface area contributed by atoms with E-state index in [1.807, 2.05) is 72.8 Å². The molecule has 4 rings (SSSR count). The van der Waals surface area contributed by atoms with E-state index in [1.54, 1.807) is 30.5 Å². The second-order valence-corrected chi connectivity index (χ2v) is 7.44. The summed E-state index contributed by atoms with van der Waals surface area (Å²) in [6.07, 6.45) is 0.714. The molecule has 3 aromatic carbocycles. The van der Waals surface area contributed by atoms with E-state index in [0.717, 1.165) is 5.69 Å². The number of nitro benzene ring substituents is 1. The molecule has 0 fully saturated rings. The van der Waals surface area contributed by atoms with Gasteiger partial charge in [0.1, 0.15) is 0 Å². The van der Waals surface area contributed by atoms with Gasteiger partial charge in [-0.05, 0) is 29.8 Å². The molecule has 4 aromatic rings. The average molecular weight is 425 g/mol. The number of aromatic nitrogens is 1. The second-order valence-electron chi connectivity index (χ2n) is 7.44. The molecule has 6 nitrogen and oxygen atoms in total. The summed E-state index contributed by atoms with van der Waals surface area (Å²) in [4.78, 5) is 16.0. The van der Waals surface area contributed by atoms with Gasteiger partial charge >= 0.3 is 0 Å². The van der Waals surface area contributed by atoms with Crippen molar-refractivity contribution in [3.8, 4) is 0 Å². The van der Waals surface area contributed by atoms with Gasteiger partial charge in [-0.25, -0.2) is 0 Å². The Morgan fingerprint density at radius 3 is 2.09 bits per heavy atom. The van der Waals surface area contributed by atoms with E-state index < -0.39 is 18.1 Å². The third-order valence-corrected chi connectivity index (χ3v) is 5.43. The van der Waals surface area contributed by atoms with Crippen molar-refractivity contribution in [2.24, 2.45) is 0 Å². The molecule has 0 bridgehead atoms. The summed E-state index contributed by atoms with van der Waals surface area (Å²) in [6, 6.07) is 30.3. The first-order valence-electron chi connectivity index (χ1n) is 10.3. The van der Waals surface area contributed by atoms with Crippen molar-refractivity contribution in [2.45, 2.75) is 18.1 Å². The fourth-order valence-corrected chi connectivity index (χ4v) is 3.94. The maximum absolute atomic E-state index is 11.9. The fraction of sp³-hybridized carbons (Fsp3) is 0.115. The van der Waals surface area contributed by atoms with Crippen LogP contribution in [0.2, 0.25) is 0 Å². The first kappa shape index (κ1) is 21.2. The Labute approximate surface area is 186 Å². The lowest BCUT2D eigenvalue weighted by molar-refractivity contribution is -0.385. The molecule has 0 saturated heterocycles. The Balaban J connectivity index is 1.89. The van der Waals surface area contributed by atoms with E-state index in [0.29, 0.717) is 16.8 Å². The van der Waals surface area contributed by atoms with Crippen molar-refractivity contribution in [3.05, 3.63) is 136 Å². The zero-order valence-corrected chi connectivity index (χ0v) is 17.3. The number of benzene rings is 3. The van der Waals surface area contributed by atoms with Gasteiger partial charge in [0.2, 0.25) is 0 Å². The van der Waals surface area contributed by atoms with Crippen LogP contribution >= 0.6 is 0 Å². The molecule has 3 atom stereocenters. The van der Waals surface area contributed by atoms with Crippen LogP contribution in [-0.2, 0) is 0 Å². The minimum Gasteiger partial charge on any atom is -0.388 e. The maximum Gasteiger partial charge on any atom is 0.274 e. The molecule has 0 aliphatic rings. The van der Waals surface area contributed by atoms with Gasteiger partial charge in [0.25, 0.3) is 5.69 Å². The van der Waals surface area contributed by atoms with E-state index >= 15 is 0 Å². The highest BCUT2D eigenvalue weighted by molar-refractivity contribution is 5.52. The van der Waals surface area contributed by atoms with Gasteiger partial charge in [-0.2, -0.15) is 0 Å². The Morgan fingerprint density at radius 2 is 1.44 bits per heavy atom. The molecular weight excluding hydrogens is 402 g/mol. The number of nitrogens with one attached hydrogen (secondary N) is 1. The summed E-state index contributed by atoms with van der Waals surface area (Å²) < 4.78 is 0. The normalized spacial score (nSPS) is 13.7. The quantitative estimate of drug-likeness (QED) is 0.281. The van der Waals surface area contributed by atoms with Gasteiger partial charge in [0.15, 0.2) is 0 Å². The first-order valence-corrected chi connectivity index (χ1v) is 10.3. The van der Waals surface area contributed by atoms with Crippen LogP contribution in [0.25, 0.3) is 0 Å². The Bertz CT molecular complexity index is 1150. The van der Waals surface area contributed by atoms with Crippen LogP contribution in [0.4, 0.5) is 11.4 Å². The van der Waals surface area contributed by atoms with Gasteiger partial charge in [0, 0.05) is 23.6 Å². The lowest BCUT2D eigenvalue weighted by Gasteiger charge is -2.32. The maximum atomic E-state index is 11.9. The number of rotatable bonds is 8. The SMILES string of the molecule is O=[N+]([O-])c1ccccc1[C@@H](Nc1ccccc1)[C@H](c1ccccn1)C(O)c1ccccc1. The van der Waals surface area contributed by atoms with Gasteiger partial charge < -0.3 is 10.4 Å². The van der Waals surface area contributed by atoms with Crippen LogP contribution in [0.3, 0.4) is 0 Å². The summed E-state index contributed by atoms with van der Waals surface area (Å²) in [7, 11) is 0. The smallest absolute Gasteiger partial charge is 0.274 e. The summed E-state index contributed by atoms with van der Waals surface area (Å²) in [5, 5.41) is 26.8. The number of hydrogen-bond donors (Lipinski definition) is 2. The molecule has 32 heavy (non-hydrogen) atoms. The van der Waals surface area contributed by atoms with E-state index in [1.165, 1.54) is 6.07 Å². The first-order chi connectivity index (χ1) is 15.6. The predicted octanol–water partition coefficient (Wildman–Crippen LogP) is 5.66. The minimum atomic E-state index is -0.952. The van der Waals surface area contributed by atoms with Crippen molar-refractivity contribution in [2.75, 3.05) is 5.32 Å². The van der Waals surface area contributed by atoms with Crippen LogP contribution in [0.1, 0.15) is 34.9 Å². The van der Waals surface area contributed by atoms with Gasteiger partial charge in [-0.3, -0.25) is 15.1 Å². The predicted molar refractivity (Wildman–Crippen MR) is 124 cm³/mol. The van der Waals surface area contributed by atoms with Crippen molar-refractivity contribution < 1.29 is 10.0 Å². The highest BCUT2D eigenvalue weighted by Crippen LogP contribution is 2.44. The highest BCUT2D eigenvalue weighted by atomic mass is 16.6. The van der Waals surface area contributed by atoms with E-state index in [4.69, 9.17) is 0 Å². The topological polar surface area (TPSA) is 88.3 Å². The second kappa shape index (κ2) is 9.85. The van der Waals surface area contributed by atoms with Crippen LogP contribution in [0, 0.1) is 10.1 Å². The van der Waals surface area contributed by atoms with E-state index in [-0.39, 0.29) is 10.6 Å². The summed E-state index contributed by atoms with van der Waals surface area (Å²) in [6.45, 7) is 0. The molecule has 1 heterocycles.